The number of rotatable bonds is 3. The summed E-state index contributed by atoms with van der Waals surface area (Å²) in [6.07, 6.45) is 2.78. The molecule has 1 heterocycles. The minimum absolute atomic E-state index is 0.310. The van der Waals surface area contributed by atoms with Crippen LogP contribution in [-0.2, 0) is 10.0 Å². The summed E-state index contributed by atoms with van der Waals surface area (Å²) in [6, 6.07) is 2.94. The fourth-order valence-corrected chi connectivity index (χ4v) is 4.24. The van der Waals surface area contributed by atoms with E-state index < -0.39 is 16.1 Å². The van der Waals surface area contributed by atoms with Gasteiger partial charge >= 0.3 is 0 Å². The summed E-state index contributed by atoms with van der Waals surface area (Å²) in [7, 11) is -3.44. The topological polar surface area (TPSA) is 66.4 Å². The molecule has 0 saturated heterocycles. The van der Waals surface area contributed by atoms with Crippen molar-refractivity contribution in [2.24, 2.45) is 0 Å². The van der Waals surface area contributed by atoms with Crippen molar-refractivity contribution >= 4 is 21.4 Å². The Labute approximate surface area is 99.4 Å². The first-order valence-corrected chi connectivity index (χ1v) is 7.70. The molecule has 2 rings (SSSR count). The van der Waals surface area contributed by atoms with Crippen molar-refractivity contribution in [3.63, 3.8) is 0 Å². The van der Waals surface area contributed by atoms with Gasteiger partial charge < -0.3 is 5.11 Å². The second-order valence-electron chi connectivity index (χ2n) is 4.01. The van der Waals surface area contributed by atoms with Gasteiger partial charge in [0.2, 0.25) is 10.0 Å². The van der Waals surface area contributed by atoms with Gasteiger partial charge in [-0.15, -0.1) is 11.3 Å². The van der Waals surface area contributed by atoms with Crippen molar-refractivity contribution < 1.29 is 13.5 Å². The molecule has 1 fully saturated rings. The van der Waals surface area contributed by atoms with E-state index in [2.05, 4.69) is 4.72 Å². The molecule has 1 aliphatic carbocycles. The molecular weight excluding hydrogens is 246 g/mol. The molecule has 6 heteroatoms. The number of hydrogen-bond donors (Lipinski definition) is 2. The molecular formula is C10H15NO3S2. The summed E-state index contributed by atoms with van der Waals surface area (Å²) in [5.41, 5.74) is 0. The monoisotopic (exact) mass is 261 g/mol. The maximum atomic E-state index is 11.9. The number of hydrogen-bond acceptors (Lipinski definition) is 4. The molecule has 1 saturated carbocycles. The van der Waals surface area contributed by atoms with Gasteiger partial charge in [-0.05, 0) is 24.3 Å². The summed E-state index contributed by atoms with van der Waals surface area (Å²) in [5.74, 6) is 0. The Morgan fingerprint density at radius 2 is 2.12 bits per heavy atom. The summed E-state index contributed by atoms with van der Waals surface area (Å²) in [4.78, 5) is 0. The lowest BCUT2D eigenvalue weighted by atomic mass is 9.93. The highest BCUT2D eigenvalue weighted by Crippen LogP contribution is 2.22. The zero-order chi connectivity index (χ0) is 11.6. The van der Waals surface area contributed by atoms with Gasteiger partial charge in [-0.1, -0.05) is 18.9 Å². The molecule has 1 aliphatic rings. The fourth-order valence-electron chi connectivity index (χ4n) is 1.92. The molecule has 0 spiro atoms. The zero-order valence-electron chi connectivity index (χ0n) is 8.80. The van der Waals surface area contributed by atoms with E-state index in [-0.39, 0.29) is 6.04 Å². The first-order chi connectivity index (χ1) is 7.59. The lowest BCUT2D eigenvalue weighted by Crippen LogP contribution is -2.44. The second kappa shape index (κ2) is 4.83. The smallest absolute Gasteiger partial charge is 0.250 e. The molecule has 2 N–H and O–H groups in total. The Morgan fingerprint density at radius 3 is 2.75 bits per heavy atom. The van der Waals surface area contributed by atoms with Crippen LogP contribution in [0.15, 0.2) is 21.7 Å². The van der Waals surface area contributed by atoms with Crippen molar-refractivity contribution in [1.82, 2.24) is 4.72 Å². The summed E-state index contributed by atoms with van der Waals surface area (Å²) >= 11 is 1.19. The highest BCUT2D eigenvalue weighted by molar-refractivity contribution is 7.91. The van der Waals surface area contributed by atoms with Gasteiger partial charge in [0.25, 0.3) is 0 Å². The maximum Gasteiger partial charge on any atom is 0.250 e. The van der Waals surface area contributed by atoms with Gasteiger partial charge in [-0.25, -0.2) is 13.1 Å². The van der Waals surface area contributed by atoms with Crippen molar-refractivity contribution in [3.05, 3.63) is 17.5 Å². The first-order valence-electron chi connectivity index (χ1n) is 5.33. The zero-order valence-corrected chi connectivity index (χ0v) is 10.4. The van der Waals surface area contributed by atoms with Crippen molar-refractivity contribution in [1.29, 1.82) is 0 Å². The van der Waals surface area contributed by atoms with Gasteiger partial charge in [0.15, 0.2) is 0 Å². The normalized spacial score (nSPS) is 26.8. The fraction of sp³-hybridized carbons (Fsp3) is 0.600. The van der Waals surface area contributed by atoms with Gasteiger partial charge in [-0.3, -0.25) is 0 Å². The van der Waals surface area contributed by atoms with Crippen LogP contribution < -0.4 is 4.72 Å². The SMILES string of the molecule is O=S(=O)(N[C@H]1CCCC[C@@H]1O)c1cccs1. The molecule has 0 aliphatic heterocycles. The quantitative estimate of drug-likeness (QED) is 0.862. The van der Waals surface area contributed by atoms with E-state index in [0.29, 0.717) is 17.1 Å². The average molecular weight is 261 g/mol. The number of aliphatic hydroxyl groups is 1. The van der Waals surface area contributed by atoms with Crippen molar-refractivity contribution in [2.75, 3.05) is 0 Å². The predicted molar refractivity (Wildman–Crippen MR) is 62.9 cm³/mol. The van der Waals surface area contributed by atoms with Gasteiger partial charge in [0, 0.05) is 6.04 Å². The molecule has 90 valence electrons. The maximum absolute atomic E-state index is 11.9. The van der Waals surface area contributed by atoms with E-state index in [9.17, 15) is 13.5 Å². The molecule has 0 amide bonds. The number of sulfonamides is 1. The van der Waals surface area contributed by atoms with Crippen LogP contribution in [0, 0.1) is 0 Å². The molecule has 4 nitrogen and oxygen atoms in total. The van der Waals surface area contributed by atoms with Gasteiger partial charge in [-0.2, -0.15) is 0 Å². The molecule has 16 heavy (non-hydrogen) atoms. The molecule has 1 aromatic heterocycles. The largest absolute Gasteiger partial charge is 0.391 e. The predicted octanol–water partition coefficient (Wildman–Crippen LogP) is 1.33. The van der Waals surface area contributed by atoms with Crippen LogP contribution in [-0.4, -0.2) is 25.7 Å². The summed E-state index contributed by atoms with van der Waals surface area (Å²) in [5, 5.41) is 11.4. The number of nitrogens with one attached hydrogen (secondary N) is 1. The summed E-state index contributed by atoms with van der Waals surface area (Å²) < 4.78 is 26.7. The van der Waals surface area contributed by atoms with Crippen molar-refractivity contribution in [3.8, 4) is 0 Å². The Kier molecular flexibility index (Phi) is 3.63. The number of thiophene rings is 1. The third-order valence-electron chi connectivity index (χ3n) is 2.80. The highest BCUT2D eigenvalue weighted by Gasteiger charge is 2.28. The van der Waals surface area contributed by atoms with Crippen LogP contribution in [0.25, 0.3) is 0 Å². The van der Waals surface area contributed by atoms with E-state index in [1.165, 1.54) is 11.3 Å². The Hall–Kier alpha value is -0.430. The van der Waals surface area contributed by atoms with E-state index in [1.54, 1.807) is 17.5 Å². The Bertz CT molecular complexity index is 427. The second-order valence-corrected chi connectivity index (χ2v) is 6.90. The third kappa shape index (κ3) is 2.63. The minimum Gasteiger partial charge on any atom is -0.391 e. The molecule has 0 radical (unpaired) electrons. The number of aliphatic hydroxyl groups excluding tert-OH is 1. The van der Waals surface area contributed by atoms with Crippen LogP contribution in [0.1, 0.15) is 25.7 Å². The Balaban J connectivity index is 2.09. The third-order valence-corrected chi connectivity index (χ3v) is 5.68. The van der Waals surface area contributed by atoms with E-state index in [1.807, 2.05) is 0 Å². The molecule has 2 atom stereocenters. The molecule has 0 bridgehead atoms. The Morgan fingerprint density at radius 1 is 1.38 bits per heavy atom. The standard InChI is InChI=1S/C10H15NO3S2/c12-9-5-2-1-4-8(9)11-16(13,14)10-6-3-7-15-10/h3,6-9,11-12H,1-2,4-5H2/t8-,9-/m0/s1. The van der Waals surface area contributed by atoms with Gasteiger partial charge in [0.05, 0.1) is 6.10 Å². The van der Waals surface area contributed by atoms with Crippen LogP contribution in [0.2, 0.25) is 0 Å². The molecule has 0 unspecified atom stereocenters. The van der Waals surface area contributed by atoms with E-state index >= 15 is 0 Å². The van der Waals surface area contributed by atoms with E-state index in [0.717, 1.165) is 12.8 Å². The lowest BCUT2D eigenvalue weighted by Gasteiger charge is -2.27. The van der Waals surface area contributed by atoms with E-state index in [4.69, 9.17) is 0 Å². The van der Waals surface area contributed by atoms with Crippen LogP contribution in [0.5, 0.6) is 0 Å². The van der Waals surface area contributed by atoms with Crippen molar-refractivity contribution in [2.45, 2.75) is 42.0 Å². The van der Waals surface area contributed by atoms with Gasteiger partial charge in [0.1, 0.15) is 4.21 Å². The molecule has 1 aromatic rings. The van der Waals surface area contributed by atoms with Crippen LogP contribution in [0.3, 0.4) is 0 Å². The summed E-state index contributed by atoms with van der Waals surface area (Å²) in [6.45, 7) is 0. The first kappa shape index (κ1) is 12.0. The highest BCUT2D eigenvalue weighted by atomic mass is 32.2. The lowest BCUT2D eigenvalue weighted by molar-refractivity contribution is 0.101. The van der Waals surface area contributed by atoms with Crippen LogP contribution in [0.4, 0.5) is 0 Å². The van der Waals surface area contributed by atoms with Crippen LogP contribution >= 0.6 is 11.3 Å². The minimum atomic E-state index is -3.44. The molecule has 0 aromatic carbocycles. The average Bonchev–Trinajstić information content (AvgIpc) is 2.75.